The first-order valence-electron chi connectivity index (χ1n) is 7.39. The lowest BCUT2D eigenvalue weighted by atomic mass is 10.2. The minimum absolute atomic E-state index is 0.120. The van der Waals surface area contributed by atoms with Crippen LogP contribution in [0, 0.1) is 20.8 Å². The van der Waals surface area contributed by atoms with Crippen LogP contribution < -0.4 is 4.90 Å². The Labute approximate surface area is 135 Å². The van der Waals surface area contributed by atoms with Gasteiger partial charge in [0.25, 0.3) is 0 Å². The van der Waals surface area contributed by atoms with Gasteiger partial charge >= 0.3 is 0 Å². The fourth-order valence-electron chi connectivity index (χ4n) is 2.61. The number of carbonyl (C=O) groups is 1. The van der Waals surface area contributed by atoms with Crippen molar-refractivity contribution in [3.8, 4) is 0 Å². The fraction of sp³-hybridized carbons (Fsp3) is 0.353. The zero-order chi connectivity index (χ0) is 15.7. The SMILES string of the molecule is Cc1nc(SCC(=O)N2CCc3ccccc32)nc(C)c1C. The lowest BCUT2D eigenvalue weighted by Gasteiger charge is -2.17. The monoisotopic (exact) mass is 313 g/mol. The van der Waals surface area contributed by atoms with Gasteiger partial charge in [-0.1, -0.05) is 30.0 Å². The summed E-state index contributed by atoms with van der Waals surface area (Å²) in [6.45, 7) is 6.75. The molecular weight excluding hydrogens is 294 g/mol. The minimum atomic E-state index is 0.120. The smallest absolute Gasteiger partial charge is 0.237 e. The Morgan fingerprint density at radius 2 is 1.86 bits per heavy atom. The zero-order valence-corrected chi connectivity index (χ0v) is 13.9. The Hall–Kier alpha value is -1.88. The number of anilines is 1. The topological polar surface area (TPSA) is 46.1 Å². The molecule has 0 unspecified atom stereocenters. The van der Waals surface area contributed by atoms with E-state index in [1.807, 2.05) is 43.9 Å². The number of fused-ring (bicyclic) bond motifs is 1. The molecule has 1 amide bonds. The maximum atomic E-state index is 12.5. The molecule has 0 aliphatic carbocycles. The fourth-order valence-corrected chi connectivity index (χ4v) is 3.42. The summed E-state index contributed by atoms with van der Waals surface area (Å²) in [6, 6.07) is 8.10. The highest BCUT2D eigenvalue weighted by Crippen LogP contribution is 2.28. The van der Waals surface area contributed by atoms with E-state index in [2.05, 4.69) is 16.0 Å². The van der Waals surface area contributed by atoms with Gasteiger partial charge in [-0.25, -0.2) is 9.97 Å². The summed E-state index contributed by atoms with van der Waals surface area (Å²) in [7, 11) is 0. The van der Waals surface area contributed by atoms with E-state index < -0.39 is 0 Å². The molecule has 1 aromatic heterocycles. The number of para-hydroxylation sites is 1. The molecule has 114 valence electrons. The number of rotatable bonds is 3. The first kappa shape index (κ1) is 15.0. The summed E-state index contributed by atoms with van der Waals surface area (Å²) >= 11 is 1.41. The average Bonchev–Trinajstić information content (AvgIpc) is 2.94. The van der Waals surface area contributed by atoms with Gasteiger partial charge in [0.2, 0.25) is 5.91 Å². The highest BCUT2D eigenvalue weighted by Gasteiger charge is 2.24. The predicted octanol–water partition coefficient (Wildman–Crippen LogP) is 3.08. The number of hydrogen-bond donors (Lipinski definition) is 0. The van der Waals surface area contributed by atoms with Crippen molar-refractivity contribution < 1.29 is 4.79 Å². The number of aromatic nitrogens is 2. The Bertz CT molecular complexity index is 707. The molecule has 0 spiro atoms. The van der Waals surface area contributed by atoms with Crippen molar-refractivity contribution in [3.63, 3.8) is 0 Å². The van der Waals surface area contributed by atoms with Crippen LogP contribution in [0.3, 0.4) is 0 Å². The summed E-state index contributed by atoms with van der Waals surface area (Å²) in [5.41, 5.74) is 5.37. The Morgan fingerprint density at radius 3 is 2.59 bits per heavy atom. The number of hydrogen-bond acceptors (Lipinski definition) is 4. The van der Waals surface area contributed by atoms with E-state index in [0.29, 0.717) is 10.9 Å². The molecule has 0 saturated carbocycles. The third-order valence-electron chi connectivity index (χ3n) is 4.13. The van der Waals surface area contributed by atoms with E-state index in [9.17, 15) is 4.79 Å². The van der Waals surface area contributed by atoms with Crippen LogP contribution in [0.2, 0.25) is 0 Å². The molecule has 1 aromatic carbocycles. The van der Waals surface area contributed by atoms with Crippen molar-refractivity contribution in [2.24, 2.45) is 0 Å². The standard InChI is InChI=1S/C17H19N3OS/c1-11-12(2)18-17(19-13(11)3)22-10-16(21)20-9-8-14-6-4-5-7-15(14)20/h4-7H,8-10H2,1-3H3. The lowest BCUT2D eigenvalue weighted by Crippen LogP contribution is -2.30. The van der Waals surface area contributed by atoms with Crippen LogP contribution in [0.15, 0.2) is 29.4 Å². The van der Waals surface area contributed by atoms with Gasteiger partial charge < -0.3 is 4.90 Å². The van der Waals surface area contributed by atoms with Gasteiger partial charge in [0.1, 0.15) is 0 Å². The van der Waals surface area contributed by atoms with Gasteiger partial charge in [0.05, 0.1) is 5.75 Å². The van der Waals surface area contributed by atoms with Gasteiger partial charge in [-0.2, -0.15) is 0 Å². The van der Waals surface area contributed by atoms with Crippen LogP contribution in [0.1, 0.15) is 22.5 Å². The number of aryl methyl sites for hydroxylation is 2. The van der Waals surface area contributed by atoms with Gasteiger partial charge in [-0.15, -0.1) is 0 Å². The van der Waals surface area contributed by atoms with Gasteiger partial charge in [0.15, 0.2) is 5.16 Å². The normalized spacial score (nSPS) is 13.3. The second-order valence-corrected chi connectivity index (χ2v) is 6.46. The van der Waals surface area contributed by atoms with E-state index in [0.717, 1.165) is 35.6 Å². The van der Waals surface area contributed by atoms with Crippen molar-refractivity contribution in [1.82, 2.24) is 9.97 Å². The molecule has 2 aromatic rings. The van der Waals surface area contributed by atoms with Crippen molar-refractivity contribution in [1.29, 1.82) is 0 Å². The first-order valence-corrected chi connectivity index (χ1v) is 8.37. The molecule has 0 N–H and O–H groups in total. The molecular formula is C17H19N3OS. The summed E-state index contributed by atoms with van der Waals surface area (Å²) in [5, 5.41) is 0.682. The van der Waals surface area contributed by atoms with E-state index >= 15 is 0 Å². The second kappa shape index (κ2) is 6.08. The molecule has 5 heteroatoms. The predicted molar refractivity (Wildman–Crippen MR) is 89.5 cm³/mol. The number of carbonyl (C=O) groups excluding carboxylic acids is 1. The molecule has 1 aliphatic heterocycles. The summed E-state index contributed by atoms with van der Waals surface area (Å²) < 4.78 is 0. The van der Waals surface area contributed by atoms with Crippen molar-refractivity contribution >= 4 is 23.4 Å². The van der Waals surface area contributed by atoms with Crippen molar-refractivity contribution in [2.75, 3.05) is 17.2 Å². The van der Waals surface area contributed by atoms with E-state index in [1.165, 1.54) is 17.3 Å². The lowest BCUT2D eigenvalue weighted by molar-refractivity contribution is -0.116. The van der Waals surface area contributed by atoms with Crippen molar-refractivity contribution in [2.45, 2.75) is 32.3 Å². The van der Waals surface area contributed by atoms with Crippen LogP contribution in [0.25, 0.3) is 0 Å². The van der Waals surface area contributed by atoms with Crippen LogP contribution in [0.4, 0.5) is 5.69 Å². The van der Waals surface area contributed by atoms with E-state index in [-0.39, 0.29) is 5.91 Å². The molecule has 2 heterocycles. The molecule has 0 bridgehead atoms. The maximum Gasteiger partial charge on any atom is 0.237 e. The molecule has 0 radical (unpaired) electrons. The number of benzene rings is 1. The van der Waals surface area contributed by atoms with Crippen LogP contribution in [-0.2, 0) is 11.2 Å². The quantitative estimate of drug-likeness (QED) is 0.645. The van der Waals surface area contributed by atoms with Gasteiger partial charge in [-0.3, -0.25) is 4.79 Å². The molecule has 3 rings (SSSR count). The highest BCUT2D eigenvalue weighted by molar-refractivity contribution is 7.99. The molecule has 0 atom stereocenters. The van der Waals surface area contributed by atoms with E-state index in [4.69, 9.17) is 0 Å². The van der Waals surface area contributed by atoms with Crippen LogP contribution >= 0.6 is 11.8 Å². The first-order chi connectivity index (χ1) is 10.6. The largest absolute Gasteiger partial charge is 0.311 e. The van der Waals surface area contributed by atoms with Gasteiger partial charge in [-0.05, 0) is 44.4 Å². The molecule has 1 aliphatic rings. The average molecular weight is 313 g/mol. The van der Waals surface area contributed by atoms with Crippen molar-refractivity contribution in [3.05, 3.63) is 46.8 Å². The third kappa shape index (κ3) is 2.86. The van der Waals surface area contributed by atoms with Crippen LogP contribution in [0.5, 0.6) is 0 Å². The maximum absolute atomic E-state index is 12.5. The van der Waals surface area contributed by atoms with Crippen LogP contribution in [-0.4, -0.2) is 28.2 Å². The second-order valence-electron chi connectivity index (χ2n) is 5.51. The number of nitrogens with zero attached hydrogens (tertiary/aromatic N) is 3. The number of thioether (sulfide) groups is 1. The molecule has 22 heavy (non-hydrogen) atoms. The molecule has 0 fully saturated rings. The molecule has 0 saturated heterocycles. The summed E-state index contributed by atoms with van der Waals surface area (Å²) in [4.78, 5) is 23.3. The Balaban J connectivity index is 1.69. The Morgan fingerprint density at radius 1 is 1.18 bits per heavy atom. The highest BCUT2D eigenvalue weighted by atomic mass is 32.2. The van der Waals surface area contributed by atoms with E-state index in [1.54, 1.807) is 0 Å². The zero-order valence-electron chi connectivity index (χ0n) is 13.1. The number of amides is 1. The summed E-state index contributed by atoms with van der Waals surface area (Å²) in [6.07, 6.45) is 0.936. The third-order valence-corrected chi connectivity index (χ3v) is 4.96. The van der Waals surface area contributed by atoms with Gasteiger partial charge in [0, 0.05) is 23.6 Å². The summed E-state index contributed by atoms with van der Waals surface area (Å²) in [5.74, 6) is 0.491. The Kier molecular flexibility index (Phi) is 4.16. The molecule has 4 nitrogen and oxygen atoms in total. The minimum Gasteiger partial charge on any atom is -0.311 e.